The summed E-state index contributed by atoms with van der Waals surface area (Å²) in [6.45, 7) is 0.704. The van der Waals surface area contributed by atoms with Crippen molar-refractivity contribution in [3.8, 4) is 17.1 Å². The summed E-state index contributed by atoms with van der Waals surface area (Å²) in [6, 6.07) is 6.08. The van der Waals surface area contributed by atoms with E-state index in [9.17, 15) is 18.4 Å². The van der Waals surface area contributed by atoms with Crippen LogP contribution in [-0.2, 0) is 29.4 Å². The molecule has 2 heterocycles. The van der Waals surface area contributed by atoms with E-state index in [4.69, 9.17) is 4.74 Å². The number of benzene rings is 1. The lowest BCUT2D eigenvalue weighted by atomic mass is 9.95. The maximum absolute atomic E-state index is 12.8. The predicted molar refractivity (Wildman–Crippen MR) is 134 cm³/mol. The molecule has 36 heavy (non-hydrogen) atoms. The van der Waals surface area contributed by atoms with Gasteiger partial charge in [-0.15, -0.1) is 21.5 Å². The maximum atomic E-state index is 12.8. The number of alkyl halides is 2. The van der Waals surface area contributed by atoms with E-state index in [-0.39, 0.29) is 23.5 Å². The van der Waals surface area contributed by atoms with Crippen molar-refractivity contribution in [2.24, 2.45) is 7.05 Å². The quantitative estimate of drug-likeness (QED) is 0.292. The second-order valence-electron chi connectivity index (χ2n) is 8.47. The van der Waals surface area contributed by atoms with Gasteiger partial charge in [0.05, 0.1) is 17.4 Å². The minimum absolute atomic E-state index is 0.0501. The lowest BCUT2D eigenvalue weighted by Gasteiger charge is -2.14. The Bertz CT molecular complexity index is 1240. The van der Waals surface area contributed by atoms with Gasteiger partial charge in [0.15, 0.2) is 11.0 Å². The summed E-state index contributed by atoms with van der Waals surface area (Å²) in [7, 11) is 1.76. The van der Waals surface area contributed by atoms with Gasteiger partial charge in [-0.25, -0.2) is 4.79 Å². The fourth-order valence-corrected chi connectivity index (χ4v) is 5.92. The van der Waals surface area contributed by atoms with Crippen molar-refractivity contribution >= 4 is 40.0 Å². The van der Waals surface area contributed by atoms with Crippen LogP contribution in [0.15, 0.2) is 29.4 Å². The number of nitrogens with zero attached hydrogens (tertiary/aromatic N) is 3. The van der Waals surface area contributed by atoms with Crippen molar-refractivity contribution in [1.29, 1.82) is 0 Å². The molecule has 3 aromatic rings. The van der Waals surface area contributed by atoms with Gasteiger partial charge in [-0.3, -0.25) is 4.79 Å². The lowest BCUT2D eigenvalue weighted by molar-refractivity contribution is -0.113. The van der Waals surface area contributed by atoms with Crippen LogP contribution >= 0.6 is 23.1 Å². The van der Waals surface area contributed by atoms with Crippen LogP contribution < -0.4 is 10.1 Å². The lowest BCUT2D eigenvalue weighted by Crippen LogP contribution is -2.19. The van der Waals surface area contributed by atoms with Crippen molar-refractivity contribution < 1.29 is 27.8 Å². The first-order chi connectivity index (χ1) is 17.2. The van der Waals surface area contributed by atoms with E-state index in [1.807, 2.05) is 0 Å². The van der Waals surface area contributed by atoms with Crippen molar-refractivity contribution in [3.63, 3.8) is 0 Å². The minimum Gasteiger partial charge on any atom is -0.459 e. The summed E-state index contributed by atoms with van der Waals surface area (Å²) in [5.74, 6) is -0.0419. The number of aromatic nitrogens is 3. The summed E-state index contributed by atoms with van der Waals surface area (Å²) in [6.07, 6.45) is 3.51. The summed E-state index contributed by atoms with van der Waals surface area (Å²) in [4.78, 5) is 26.7. The second kappa shape index (κ2) is 11.4. The van der Waals surface area contributed by atoms with Gasteiger partial charge in [0.25, 0.3) is 0 Å². The predicted octanol–water partition coefficient (Wildman–Crippen LogP) is 5.32. The molecular formula is C24H26F2N4O4S2. The molecule has 0 saturated carbocycles. The molecule has 0 bridgehead atoms. The molecule has 0 fully saturated rings. The van der Waals surface area contributed by atoms with Crippen LogP contribution in [0.5, 0.6) is 5.75 Å². The number of carbonyl (C=O) groups is 2. The summed E-state index contributed by atoms with van der Waals surface area (Å²) in [5.41, 5.74) is 2.13. The van der Waals surface area contributed by atoms with Gasteiger partial charge in [-0.1, -0.05) is 11.8 Å². The molecule has 2 aromatic heterocycles. The zero-order chi connectivity index (χ0) is 25.8. The number of fused-ring (bicyclic) bond motifs is 1. The van der Waals surface area contributed by atoms with Crippen molar-refractivity contribution in [3.05, 3.63) is 40.3 Å². The fourth-order valence-electron chi connectivity index (χ4n) is 3.91. The number of hydrogen-bond acceptors (Lipinski definition) is 8. The summed E-state index contributed by atoms with van der Waals surface area (Å²) >= 11 is 2.65. The molecule has 0 radical (unpaired) electrons. The number of hydrogen-bond donors (Lipinski definition) is 1. The molecule has 4 rings (SSSR count). The van der Waals surface area contributed by atoms with Gasteiger partial charge in [0.2, 0.25) is 5.91 Å². The van der Waals surface area contributed by atoms with Crippen LogP contribution in [-0.4, -0.2) is 45.1 Å². The van der Waals surface area contributed by atoms with E-state index < -0.39 is 12.6 Å². The molecule has 0 unspecified atom stereocenters. The molecular weight excluding hydrogens is 510 g/mol. The largest absolute Gasteiger partial charge is 0.459 e. The van der Waals surface area contributed by atoms with E-state index in [0.29, 0.717) is 27.1 Å². The maximum Gasteiger partial charge on any atom is 0.387 e. The molecule has 1 amide bonds. The van der Waals surface area contributed by atoms with E-state index in [0.717, 1.165) is 36.1 Å². The molecule has 1 N–H and O–H groups in total. The van der Waals surface area contributed by atoms with Crippen LogP contribution in [0.4, 0.5) is 13.8 Å². The third-order valence-electron chi connectivity index (χ3n) is 5.48. The molecule has 1 aliphatic rings. The number of thioether (sulfide) groups is 1. The average Bonchev–Trinajstić information content (AvgIpc) is 3.37. The van der Waals surface area contributed by atoms with Gasteiger partial charge in [0, 0.05) is 17.5 Å². The molecule has 0 saturated heterocycles. The zero-order valence-electron chi connectivity index (χ0n) is 20.0. The third-order valence-corrected chi connectivity index (χ3v) is 7.70. The number of nitrogens with one attached hydrogen (secondary N) is 1. The molecule has 12 heteroatoms. The topological polar surface area (TPSA) is 95.3 Å². The Hall–Kier alpha value is -2.99. The molecule has 8 nitrogen and oxygen atoms in total. The van der Waals surface area contributed by atoms with E-state index in [1.54, 1.807) is 37.6 Å². The van der Waals surface area contributed by atoms with E-state index in [2.05, 4.69) is 20.3 Å². The highest BCUT2D eigenvalue weighted by atomic mass is 32.2. The number of anilines is 1. The smallest absolute Gasteiger partial charge is 0.387 e. The van der Waals surface area contributed by atoms with Gasteiger partial charge < -0.3 is 19.4 Å². The summed E-state index contributed by atoms with van der Waals surface area (Å²) < 4.78 is 36.3. The SMILES string of the molecule is CC(C)OC(=O)c1c(NC(=O)CSc2nnc(-c3ccc(OC(F)F)cc3)n2C)sc2c1CCCC2. The number of carbonyl (C=O) groups excluding carboxylic acids is 2. The zero-order valence-corrected chi connectivity index (χ0v) is 21.7. The van der Waals surface area contributed by atoms with Gasteiger partial charge >= 0.3 is 12.6 Å². The number of halogens is 2. The summed E-state index contributed by atoms with van der Waals surface area (Å²) in [5, 5.41) is 12.2. The Kier molecular flexibility index (Phi) is 8.24. The monoisotopic (exact) mass is 536 g/mol. The van der Waals surface area contributed by atoms with E-state index >= 15 is 0 Å². The van der Waals surface area contributed by atoms with Crippen LogP contribution in [0.3, 0.4) is 0 Å². The second-order valence-corrected chi connectivity index (χ2v) is 10.5. The highest BCUT2D eigenvalue weighted by molar-refractivity contribution is 7.99. The van der Waals surface area contributed by atoms with Gasteiger partial charge in [-0.05, 0) is 69.4 Å². The number of aryl methyl sites for hydroxylation is 1. The molecule has 0 atom stereocenters. The Morgan fingerprint density at radius 1 is 1.17 bits per heavy atom. The Balaban J connectivity index is 1.43. The van der Waals surface area contributed by atoms with Crippen molar-refractivity contribution in [1.82, 2.24) is 14.8 Å². The van der Waals surface area contributed by atoms with Crippen LogP contribution in [0, 0.1) is 0 Å². The average molecular weight is 537 g/mol. The fraction of sp³-hybridized carbons (Fsp3) is 0.417. The van der Waals surface area contributed by atoms with Crippen LogP contribution in [0.2, 0.25) is 0 Å². The molecule has 0 spiro atoms. The normalized spacial score (nSPS) is 13.1. The Morgan fingerprint density at radius 3 is 2.58 bits per heavy atom. The van der Waals surface area contributed by atoms with Crippen LogP contribution in [0.1, 0.15) is 47.5 Å². The third kappa shape index (κ3) is 6.04. The first-order valence-corrected chi connectivity index (χ1v) is 13.3. The standard InChI is InChI=1S/C24H26F2N4O4S2/c1-13(2)33-22(32)19-16-6-4-5-7-17(16)36-21(19)27-18(31)12-35-24-29-28-20(30(24)3)14-8-10-15(11-9-14)34-23(25)26/h8-11,13,23H,4-7,12H2,1-3H3,(H,27,31). The first kappa shape index (κ1) is 26.1. The first-order valence-electron chi connectivity index (χ1n) is 11.5. The number of ether oxygens (including phenoxy) is 2. The van der Waals surface area contributed by atoms with Crippen molar-refractivity contribution in [2.45, 2.75) is 57.4 Å². The highest BCUT2D eigenvalue weighted by Gasteiger charge is 2.28. The van der Waals surface area contributed by atoms with Gasteiger partial charge in [-0.2, -0.15) is 8.78 Å². The molecule has 1 aliphatic carbocycles. The molecule has 1 aromatic carbocycles. The van der Waals surface area contributed by atoms with Crippen LogP contribution in [0.25, 0.3) is 11.4 Å². The molecule has 192 valence electrons. The molecule has 0 aliphatic heterocycles. The van der Waals surface area contributed by atoms with Crippen molar-refractivity contribution in [2.75, 3.05) is 11.1 Å². The Morgan fingerprint density at radius 2 is 1.89 bits per heavy atom. The number of esters is 1. The highest BCUT2D eigenvalue weighted by Crippen LogP contribution is 2.39. The number of thiophene rings is 1. The minimum atomic E-state index is -2.89. The Labute approximate surface area is 215 Å². The number of amides is 1. The number of rotatable bonds is 9. The van der Waals surface area contributed by atoms with Gasteiger partial charge in [0.1, 0.15) is 10.8 Å². The van der Waals surface area contributed by atoms with E-state index in [1.165, 1.54) is 35.2 Å².